The normalized spacial score (nSPS) is 13.0. The summed E-state index contributed by atoms with van der Waals surface area (Å²) >= 11 is 0. The van der Waals surface area contributed by atoms with Crippen LogP contribution >= 0.6 is 0 Å². The van der Waals surface area contributed by atoms with Crippen molar-refractivity contribution in [3.05, 3.63) is 247 Å². The number of nitrogens with zero attached hydrogens (tertiary/aromatic N) is 3. The van der Waals surface area contributed by atoms with Gasteiger partial charge in [0.1, 0.15) is 22.3 Å². The lowest BCUT2D eigenvalue weighted by atomic mass is 9.70. The smallest absolute Gasteiger partial charge is 0.164 e. The van der Waals surface area contributed by atoms with Gasteiger partial charge in [0, 0.05) is 38.2 Å². The lowest BCUT2D eigenvalue weighted by molar-refractivity contribution is 0.668. The second-order valence-corrected chi connectivity index (χ2v) is 18.2. The molecule has 2 aliphatic rings. The molecule has 0 atom stereocenters. The quantitative estimate of drug-likeness (QED) is 0.172. The number of hydrogen-bond acceptors (Lipinski definition) is 5. The molecule has 15 rings (SSSR count). The fourth-order valence-corrected chi connectivity index (χ4v) is 11.6. The summed E-state index contributed by atoms with van der Waals surface area (Å²) in [7, 11) is 0. The zero-order chi connectivity index (χ0) is 45.2. The molecule has 0 unspecified atom stereocenters. The van der Waals surface area contributed by atoms with Crippen LogP contribution in [-0.2, 0) is 5.41 Å². The molecule has 1 spiro atoms. The van der Waals surface area contributed by atoms with Crippen LogP contribution in [-0.4, -0.2) is 15.0 Å². The highest BCUT2D eigenvalue weighted by Crippen LogP contribution is 2.63. The Labute approximate surface area is 396 Å². The van der Waals surface area contributed by atoms with Gasteiger partial charge in [-0.2, -0.15) is 0 Å². The van der Waals surface area contributed by atoms with Gasteiger partial charge in [-0.15, -0.1) is 0 Å². The third-order valence-corrected chi connectivity index (χ3v) is 14.6. The molecule has 5 heteroatoms. The van der Waals surface area contributed by atoms with E-state index in [1.807, 2.05) is 48.5 Å². The van der Waals surface area contributed by atoms with Gasteiger partial charge in [0.2, 0.25) is 0 Å². The van der Waals surface area contributed by atoms with Crippen LogP contribution in [0.2, 0.25) is 0 Å². The first-order valence-electron chi connectivity index (χ1n) is 23.4. The molecular formula is C64H37N3O2. The van der Waals surface area contributed by atoms with Crippen LogP contribution in [0.3, 0.4) is 0 Å². The molecule has 0 fully saturated rings. The van der Waals surface area contributed by atoms with E-state index in [9.17, 15) is 0 Å². The van der Waals surface area contributed by atoms with Crippen molar-refractivity contribution in [3.63, 3.8) is 0 Å². The number of aromatic nitrogens is 3. The molecule has 5 nitrogen and oxygen atoms in total. The van der Waals surface area contributed by atoms with E-state index in [-0.39, 0.29) is 0 Å². The van der Waals surface area contributed by atoms with Gasteiger partial charge in [-0.25, -0.2) is 15.0 Å². The Morgan fingerprint density at radius 3 is 1.41 bits per heavy atom. The van der Waals surface area contributed by atoms with Crippen LogP contribution < -0.4 is 0 Å². The van der Waals surface area contributed by atoms with Crippen molar-refractivity contribution in [2.24, 2.45) is 0 Å². The van der Waals surface area contributed by atoms with E-state index >= 15 is 0 Å². The summed E-state index contributed by atoms with van der Waals surface area (Å²) in [5, 5.41) is 3.92. The summed E-state index contributed by atoms with van der Waals surface area (Å²) < 4.78 is 13.0. The van der Waals surface area contributed by atoms with Crippen molar-refractivity contribution in [2.45, 2.75) is 5.41 Å². The van der Waals surface area contributed by atoms with Gasteiger partial charge in [0.05, 0.1) is 5.41 Å². The minimum absolute atomic E-state index is 0.390. The summed E-state index contributed by atoms with van der Waals surface area (Å²) in [6.45, 7) is 0. The summed E-state index contributed by atoms with van der Waals surface area (Å²) in [6.07, 6.45) is 0. The van der Waals surface area contributed by atoms with E-state index in [0.717, 1.165) is 82.8 Å². The topological polar surface area (TPSA) is 65.0 Å². The van der Waals surface area contributed by atoms with Gasteiger partial charge in [-0.1, -0.05) is 182 Å². The third kappa shape index (κ3) is 5.44. The van der Waals surface area contributed by atoms with E-state index in [1.54, 1.807) is 0 Å². The predicted molar refractivity (Wildman–Crippen MR) is 278 cm³/mol. The molecule has 0 radical (unpaired) electrons. The van der Waals surface area contributed by atoms with Gasteiger partial charge >= 0.3 is 0 Å². The maximum absolute atomic E-state index is 6.66. The van der Waals surface area contributed by atoms with E-state index in [0.29, 0.717) is 17.5 Å². The molecule has 69 heavy (non-hydrogen) atoms. The number of para-hydroxylation sites is 1. The molecule has 0 bridgehead atoms. The maximum atomic E-state index is 6.66. The molecule has 0 amide bonds. The molecular weight excluding hydrogens is 843 g/mol. The fraction of sp³-hybridized carbons (Fsp3) is 0.0156. The van der Waals surface area contributed by atoms with E-state index < -0.39 is 5.41 Å². The summed E-state index contributed by atoms with van der Waals surface area (Å²) in [6, 6.07) is 79.7. The first kappa shape index (κ1) is 38.0. The monoisotopic (exact) mass is 879 g/mol. The van der Waals surface area contributed by atoms with Crippen LogP contribution in [0.5, 0.6) is 0 Å². The van der Waals surface area contributed by atoms with Crippen molar-refractivity contribution in [2.75, 3.05) is 0 Å². The second kappa shape index (κ2) is 14.4. The Balaban J connectivity index is 0.921. The molecule has 0 N–H and O–H groups in total. The van der Waals surface area contributed by atoms with Gasteiger partial charge < -0.3 is 8.83 Å². The third-order valence-electron chi connectivity index (χ3n) is 14.6. The van der Waals surface area contributed by atoms with Gasteiger partial charge in [0.15, 0.2) is 17.5 Å². The van der Waals surface area contributed by atoms with Crippen molar-refractivity contribution in [1.82, 2.24) is 15.0 Å². The summed E-state index contributed by atoms with van der Waals surface area (Å²) in [5.74, 6) is 1.69. The zero-order valence-electron chi connectivity index (χ0n) is 37.0. The Hall–Kier alpha value is -9.19. The predicted octanol–water partition coefficient (Wildman–Crippen LogP) is 16.3. The molecule has 3 heterocycles. The van der Waals surface area contributed by atoms with Gasteiger partial charge in [0.25, 0.3) is 0 Å². The van der Waals surface area contributed by atoms with Crippen molar-refractivity contribution in [1.29, 1.82) is 0 Å². The van der Waals surface area contributed by atoms with Crippen molar-refractivity contribution >= 4 is 43.9 Å². The number of benzene rings is 10. The molecule has 0 saturated carbocycles. The van der Waals surface area contributed by atoms with Crippen LogP contribution in [0.15, 0.2) is 233 Å². The lowest BCUT2D eigenvalue weighted by Crippen LogP contribution is -2.25. The maximum Gasteiger partial charge on any atom is 0.164 e. The Morgan fingerprint density at radius 1 is 0.261 bits per heavy atom. The van der Waals surface area contributed by atoms with Crippen LogP contribution in [0.4, 0.5) is 0 Å². The molecule has 0 aliphatic heterocycles. The summed E-state index contributed by atoms with van der Waals surface area (Å²) in [4.78, 5) is 15.9. The average molecular weight is 880 g/mol. The van der Waals surface area contributed by atoms with Gasteiger partial charge in [-0.3, -0.25) is 0 Å². The Morgan fingerprint density at radius 2 is 0.710 bits per heavy atom. The molecule has 0 saturated heterocycles. The number of rotatable bonds is 5. The van der Waals surface area contributed by atoms with Crippen molar-refractivity contribution in [3.8, 4) is 78.7 Å². The van der Waals surface area contributed by atoms with Crippen LogP contribution in [0, 0.1) is 0 Å². The number of hydrogen-bond donors (Lipinski definition) is 0. The number of furan rings is 2. The molecule has 2 aliphatic carbocycles. The minimum Gasteiger partial charge on any atom is -0.456 e. The zero-order valence-corrected chi connectivity index (χ0v) is 37.0. The van der Waals surface area contributed by atoms with E-state index in [2.05, 4.69) is 176 Å². The standard InChI is InChI=1S/C64H37N3O2/c1-2-15-38(16-3-1)39-17-12-18-42(35-39)61-65-62(47-23-13-29-57-59(47)46-22-7-11-28-55(46)68-57)67-63(66-61)48-24-14-30-58-60(48)50-37-41(32-34-56(50)69-58)40-31-33-54-49(36-40)45-21-6-10-27-53(45)64(54)51-25-8-4-19-43(51)44-20-5-9-26-52(44)64/h1-37H. The Bertz CT molecular complexity index is 4230. The first-order valence-corrected chi connectivity index (χ1v) is 23.4. The summed E-state index contributed by atoms with van der Waals surface area (Å²) in [5.41, 5.74) is 20.3. The SMILES string of the molecule is c1ccc(-c2cccc(-c3nc(-c4cccc5oc6ccccc6c45)nc(-c4cccc5oc6ccc(-c7ccc8c(c7)-c7ccccc7C87c8ccccc8-c8ccccc87)cc6c45)n3)c2)cc1. The number of fused-ring (bicyclic) bond motifs is 16. The molecule has 10 aromatic carbocycles. The van der Waals surface area contributed by atoms with Gasteiger partial charge in [-0.05, 0) is 109 Å². The molecule has 13 aromatic rings. The molecule has 3 aromatic heterocycles. The first-order chi connectivity index (χ1) is 34.2. The second-order valence-electron chi connectivity index (χ2n) is 18.2. The molecule has 320 valence electrons. The average Bonchev–Trinajstić information content (AvgIpc) is 4.16. The minimum atomic E-state index is -0.390. The van der Waals surface area contributed by atoms with E-state index in [4.69, 9.17) is 23.8 Å². The van der Waals surface area contributed by atoms with Crippen LogP contribution in [0.1, 0.15) is 22.3 Å². The highest BCUT2D eigenvalue weighted by molar-refractivity contribution is 6.14. The Kier molecular flexibility index (Phi) is 7.93. The fourth-order valence-electron chi connectivity index (χ4n) is 11.6. The highest BCUT2D eigenvalue weighted by atomic mass is 16.3. The largest absolute Gasteiger partial charge is 0.456 e. The van der Waals surface area contributed by atoms with Crippen LogP contribution in [0.25, 0.3) is 123 Å². The lowest BCUT2D eigenvalue weighted by Gasteiger charge is -2.30. The van der Waals surface area contributed by atoms with E-state index in [1.165, 1.54) is 44.5 Å². The highest BCUT2D eigenvalue weighted by Gasteiger charge is 2.51. The van der Waals surface area contributed by atoms with Crippen molar-refractivity contribution < 1.29 is 8.83 Å².